The van der Waals surface area contributed by atoms with Crippen LogP contribution in [0.2, 0.25) is 5.02 Å². The first kappa shape index (κ1) is 23.3. The predicted octanol–water partition coefficient (Wildman–Crippen LogP) is 6.58. The van der Waals surface area contributed by atoms with Gasteiger partial charge in [-0.05, 0) is 90.0 Å². The summed E-state index contributed by atoms with van der Waals surface area (Å²) in [5.74, 6) is 0.975. The Morgan fingerprint density at radius 3 is 2.64 bits per heavy atom. The highest BCUT2D eigenvalue weighted by atomic mass is 127. The molecule has 0 bridgehead atoms. The largest absolute Gasteiger partial charge is 0.490 e. The molecule has 0 aliphatic carbocycles. The molecule has 0 unspecified atom stereocenters. The predicted molar refractivity (Wildman–Crippen MR) is 138 cm³/mol. The van der Waals surface area contributed by atoms with E-state index in [1.807, 2.05) is 74.5 Å². The SMILES string of the molecule is CCOc1cc(/C=C2\N=C(c3ccc(I)c(C)c3)OC2=O)ccc1OCc1ccccc1Cl. The summed E-state index contributed by atoms with van der Waals surface area (Å²) < 4.78 is 18.2. The van der Waals surface area contributed by atoms with Gasteiger partial charge >= 0.3 is 5.97 Å². The molecule has 3 aromatic rings. The number of hydrogen-bond donors (Lipinski definition) is 0. The van der Waals surface area contributed by atoms with Crippen LogP contribution in [0.1, 0.15) is 29.2 Å². The number of benzene rings is 3. The van der Waals surface area contributed by atoms with Crippen LogP contribution in [0.25, 0.3) is 6.08 Å². The number of esters is 1. The number of nitrogens with zero attached hydrogens (tertiary/aromatic N) is 1. The minimum absolute atomic E-state index is 0.230. The van der Waals surface area contributed by atoms with Crippen LogP contribution in [0.5, 0.6) is 11.5 Å². The maximum atomic E-state index is 12.4. The third-order valence-electron chi connectivity index (χ3n) is 4.94. The van der Waals surface area contributed by atoms with Gasteiger partial charge in [-0.1, -0.05) is 35.9 Å². The van der Waals surface area contributed by atoms with Crippen molar-refractivity contribution in [2.45, 2.75) is 20.5 Å². The van der Waals surface area contributed by atoms with Crippen LogP contribution in [0, 0.1) is 10.5 Å². The quantitative estimate of drug-likeness (QED) is 0.182. The molecule has 0 fully saturated rings. The van der Waals surface area contributed by atoms with E-state index in [2.05, 4.69) is 27.6 Å². The number of aryl methyl sites for hydroxylation is 1. The van der Waals surface area contributed by atoms with E-state index in [1.54, 1.807) is 6.08 Å². The topological polar surface area (TPSA) is 57.1 Å². The van der Waals surface area contributed by atoms with Gasteiger partial charge in [-0.25, -0.2) is 9.79 Å². The highest BCUT2D eigenvalue weighted by Gasteiger charge is 2.24. The van der Waals surface area contributed by atoms with E-state index in [0.717, 1.165) is 25.8 Å². The van der Waals surface area contributed by atoms with E-state index in [4.69, 9.17) is 25.8 Å². The van der Waals surface area contributed by atoms with Crippen molar-refractivity contribution in [3.63, 3.8) is 0 Å². The third kappa shape index (κ3) is 5.57. The van der Waals surface area contributed by atoms with Crippen LogP contribution >= 0.6 is 34.2 Å². The Hall–Kier alpha value is -2.84. The monoisotopic (exact) mass is 573 g/mol. The lowest BCUT2D eigenvalue weighted by atomic mass is 10.1. The summed E-state index contributed by atoms with van der Waals surface area (Å²) in [5.41, 5.74) is 3.72. The molecule has 0 saturated carbocycles. The molecule has 1 heterocycles. The molecular formula is C26H21ClINO4. The van der Waals surface area contributed by atoms with E-state index in [1.165, 1.54) is 0 Å². The molecule has 0 spiro atoms. The van der Waals surface area contributed by atoms with Crippen molar-refractivity contribution in [1.29, 1.82) is 0 Å². The fourth-order valence-corrected chi connectivity index (χ4v) is 3.77. The summed E-state index contributed by atoms with van der Waals surface area (Å²) in [4.78, 5) is 16.8. The number of aliphatic imine (C=N–C) groups is 1. The van der Waals surface area contributed by atoms with E-state index >= 15 is 0 Å². The number of carbonyl (C=O) groups is 1. The van der Waals surface area contributed by atoms with Crippen LogP contribution in [0.4, 0.5) is 0 Å². The van der Waals surface area contributed by atoms with Crippen LogP contribution < -0.4 is 9.47 Å². The Bertz CT molecular complexity index is 1270. The maximum Gasteiger partial charge on any atom is 0.363 e. The molecule has 4 rings (SSSR count). The molecule has 5 nitrogen and oxygen atoms in total. The van der Waals surface area contributed by atoms with Gasteiger partial charge in [0.1, 0.15) is 6.61 Å². The zero-order valence-corrected chi connectivity index (χ0v) is 21.0. The molecule has 0 aromatic heterocycles. The second-order valence-corrected chi connectivity index (χ2v) is 8.89. The Balaban J connectivity index is 1.57. The van der Waals surface area contributed by atoms with E-state index in [9.17, 15) is 4.79 Å². The van der Waals surface area contributed by atoms with Crippen molar-refractivity contribution in [2.75, 3.05) is 6.61 Å². The summed E-state index contributed by atoms with van der Waals surface area (Å²) in [6.45, 7) is 4.69. The molecule has 7 heteroatoms. The number of ether oxygens (including phenoxy) is 3. The highest BCUT2D eigenvalue weighted by Crippen LogP contribution is 2.31. The second-order valence-electron chi connectivity index (χ2n) is 7.32. The summed E-state index contributed by atoms with van der Waals surface area (Å²) in [6, 6.07) is 18.8. The zero-order valence-electron chi connectivity index (χ0n) is 18.1. The zero-order chi connectivity index (χ0) is 23.4. The Morgan fingerprint density at radius 2 is 1.88 bits per heavy atom. The molecule has 33 heavy (non-hydrogen) atoms. The summed E-state index contributed by atoms with van der Waals surface area (Å²) >= 11 is 8.48. The number of cyclic esters (lactones) is 1. The smallest absolute Gasteiger partial charge is 0.363 e. The van der Waals surface area contributed by atoms with E-state index < -0.39 is 5.97 Å². The normalized spacial score (nSPS) is 14.2. The van der Waals surface area contributed by atoms with Crippen molar-refractivity contribution in [3.05, 3.63) is 97.2 Å². The fraction of sp³-hybridized carbons (Fsp3) is 0.154. The van der Waals surface area contributed by atoms with Crippen LogP contribution in [-0.2, 0) is 16.1 Å². The van der Waals surface area contributed by atoms with Gasteiger partial charge in [0.15, 0.2) is 17.2 Å². The van der Waals surface area contributed by atoms with E-state index in [0.29, 0.717) is 35.6 Å². The first-order valence-corrected chi connectivity index (χ1v) is 11.8. The average Bonchev–Trinajstić information content (AvgIpc) is 3.16. The van der Waals surface area contributed by atoms with Gasteiger partial charge in [0, 0.05) is 19.7 Å². The Kier molecular flexibility index (Phi) is 7.35. The first-order chi connectivity index (χ1) is 15.9. The summed E-state index contributed by atoms with van der Waals surface area (Å²) in [6.07, 6.45) is 1.68. The van der Waals surface area contributed by atoms with Gasteiger partial charge in [0.05, 0.1) is 6.61 Å². The van der Waals surface area contributed by atoms with Gasteiger partial charge in [-0.2, -0.15) is 0 Å². The van der Waals surface area contributed by atoms with Gasteiger partial charge in [0.2, 0.25) is 5.90 Å². The first-order valence-electron chi connectivity index (χ1n) is 10.4. The van der Waals surface area contributed by atoms with Crippen molar-refractivity contribution < 1.29 is 19.0 Å². The molecule has 0 amide bonds. The lowest BCUT2D eigenvalue weighted by Crippen LogP contribution is -2.05. The number of halogens is 2. The average molecular weight is 574 g/mol. The molecule has 3 aromatic carbocycles. The van der Waals surface area contributed by atoms with Gasteiger partial charge in [0.25, 0.3) is 0 Å². The number of carbonyl (C=O) groups excluding carboxylic acids is 1. The number of rotatable bonds is 7. The Morgan fingerprint density at radius 1 is 1.06 bits per heavy atom. The van der Waals surface area contributed by atoms with Crippen molar-refractivity contribution in [1.82, 2.24) is 0 Å². The van der Waals surface area contributed by atoms with Crippen molar-refractivity contribution >= 4 is 52.1 Å². The van der Waals surface area contributed by atoms with Gasteiger partial charge in [-0.3, -0.25) is 0 Å². The summed E-state index contributed by atoms with van der Waals surface area (Å²) in [7, 11) is 0. The lowest BCUT2D eigenvalue weighted by Gasteiger charge is -2.13. The molecule has 1 aliphatic rings. The molecule has 0 N–H and O–H groups in total. The lowest BCUT2D eigenvalue weighted by molar-refractivity contribution is -0.129. The molecule has 1 aliphatic heterocycles. The maximum absolute atomic E-state index is 12.4. The Labute approximate surface area is 211 Å². The molecule has 168 valence electrons. The van der Waals surface area contributed by atoms with Crippen molar-refractivity contribution in [3.8, 4) is 11.5 Å². The molecule has 0 radical (unpaired) electrons. The van der Waals surface area contributed by atoms with E-state index in [-0.39, 0.29) is 5.70 Å². The standard InChI is InChI=1S/C26H21ClINO4/c1-3-31-24-14-17(8-11-23(24)32-15-19-6-4-5-7-20(19)27)13-22-26(30)33-25(29-22)18-9-10-21(28)16(2)12-18/h4-14H,3,15H2,1-2H3/b22-13-. The fourth-order valence-electron chi connectivity index (χ4n) is 3.24. The molecular weight excluding hydrogens is 553 g/mol. The molecule has 0 atom stereocenters. The highest BCUT2D eigenvalue weighted by molar-refractivity contribution is 14.1. The van der Waals surface area contributed by atoms with Crippen LogP contribution in [0.3, 0.4) is 0 Å². The number of hydrogen-bond acceptors (Lipinski definition) is 5. The second kappa shape index (κ2) is 10.4. The van der Waals surface area contributed by atoms with Crippen LogP contribution in [-0.4, -0.2) is 18.5 Å². The third-order valence-corrected chi connectivity index (χ3v) is 6.52. The minimum Gasteiger partial charge on any atom is -0.490 e. The molecule has 0 saturated heterocycles. The van der Waals surface area contributed by atoms with Gasteiger partial charge < -0.3 is 14.2 Å². The summed E-state index contributed by atoms with van der Waals surface area (Å²) in [5, 5.41) is 0.647. The van der Waals surface area contributed by atoms with Gasteiger partial charge in [-0.15, -0.1) is 0 Å². The van der Waals surface area contributed by atoms with Crippen LogP contribution in [0.15, 0.2) is 71.4 Å². The minimum atomic E-state index is -0.488. The van der Waals surface area contributed by atoms with Crippen molar-refractivity contribution in [2.24, 2.45) is 4.99 Å².